The zero-order valence-corrected chi connectivity index (χ0v) is 16.3. The summed E-state index contributed by atoms with van der Waals surface area (Å²) in [6.45, 7) is 5.16. The van der Waals surface area contributed by atoms with Crippen LogP contribution in [0.2, 0.25) is 0 Å². The van der Waals surface area contributed by atoms with Gasteiger partial charge in [0.05, 0.1) is 23.6 Å². The molecule has 0 aromatic carbocycles. The molecule has 0 saturated carbocycles. The average Bonchev–Trinajstić information content (AvgIpc) is 3.38. The molecule has 150 valence electrons. The maximum atomic E-state index is 14.1. The maximum Gasteiger partial charge on any atom is 0.137 e. The van der Waals surface area contributed by atoms with Gasteiger partial charge in [0.15, 0.2) is 0 Å². The quantitative estimate of drug-likeness (QED) is 0.561. The number of hydrogen-bond acceptors (Lipinski definition) is 5. The number of nitrogens with zero attached hydrogens (tertiary/aromatic N) is 4. The van der Waals surface area contributed by atoms with Gasteiger partial charge in [-0.3, -0.25) is 0 Å². The summed E-state index contributed by atoms with van der Waals surface area (Å²) in [7, 11) is 1.93. The fourth-order valence-electron chi connectivity index (χ4n) is 3.40. The van der Waals surface area contributed by atoms with Gasteiger partial charge in [0.2, 0.25) is 0 Å². The monoisotopic (exact) mass is 393 g/mol. The first kappa shape index (κ1) is 19.1. The highest BCUT2D eigenvalue weighted by Crippen LogP contribution is 2.23. The lowest BCUT2D eigenvalue weighted by atomic mass is 10.1. The largest absolute Gasteiger partial charge is 0.363 e. The lowest BCUT2D eigenvalue weighted by Gasteiger charge is -2.28. The van der Waals surface area contributed by atoms with E-state index < -0.39 is 6.17 Å². The number of hydrogen-bond donors (Lipinski definition) is 3. The van der Waals surface area contributed by atoms with Crippen molar-refractivity contribution >= 4 is 17.5 Å². The lowest BCUT2D eigenvalue weighted by Crippen LogP contribution is -2.46. The summed E-state index contributed by atoms with van der Waals surface area (Å²) >= 11 is 0. The number of nitrogens with one attached hydrogen (secondary N) is 3. The predicted molar refractivity (Wildman–Crippen MR) is 113 cm³/mol. The van der Waals surface area contributed by atoms with E-state index in [4.69, 9.17) is 0 Å². The molecule has 3 N–H and O–H groups in total. The van der Waals surface area contributed by atoms with Crippen LogP contribution in [0.15, 0.2) is 49.4 Å². The summed E-state index contributed by atoms with van der Waals surface area (Å²) in [5, 5.41) is 6.42. The Balaban J connectivity index is 1.59. The molecule has 0 bridgehead atoms. The van der Waals surface area contributed by atoms with Crippen LogP contribution in [0.3, 0.4) is 0 Å². The summed E-state index contributed by atoms with van der Waals surface area (Å²) < 4.78 is 16.1. The van der Waals surface area contributed by atoms with Crippen molar-refractivity contribution in [3.05, 3.63) is 61.1 Å². The Kier molecular flexibility index (Phi) is 5.53. The van der Waals surface area contributed by atoms with E-state index in [-0.39, 0.29) is 6.04 Å². The van der Waals surface area contributed by atoms with E-state index in [1.165, 1.54) is 0 Å². The van der Waals surface area contributed by atoms with Gasteiger partial charge in [-0.15, -0.1) is 0 Å². The molecular formula is C21H24FN7. The number of rotatable bonds is 6. The molecule has 3 aromatic rings. The van der Waals surface area contributed by atoms with Crippen molar-refractivity contribution in [1.29, 1.82) is 0 Å². The number of alkyl halides is 1. The van der Waals surface area contributed by atoms with Crippen molar-refractivity contribution in [2.24, 2.45) is 7.05 Å². The van der Waals surface area contributed by atoms with Crippen molar-refractivity contribution in [2.45, 2.75) is 18.6 Å². The van der Waals surface area contributed by atoms with E-state index in [2.05, 4.69) is 37.1 Å². The van der Waals surface area contributed by atoms with Crippen LogP contribution in [0.4, 0.5) is 10.2 Å². The zero-order chi connectivity index (χ0) is 20.2. The first-order valence-electron chi connectivity index (χ1n) is 9.60. The van der Waals surface area contributed by atoms with Gasteiger partial charge in [0.25, 0.3) is 0 Å². The summed E-state index contributed by atoms with van der Waals surface area (Å²) in [4.78, 5) is 16.5. The highest BCUT2D eigenvalue weighted by molar-refractivity contribution is 5.83. The molecule has 2 atom stereocenters. The van der Waals surface area contributed by atoms with E-state index in [1.54, 1.807) is 24.7 Å². The fourth-order valence-corrected chi connectivity index (χ4v) is 3.40. The minimum atomic E-state index is -0.880. The Morgan fingerprint density at radius 3 is 3.03 bits per heavy atom. The Morgan fingerprint density at radius 1 is 1.38 bits per heavy atom. The minimum absolute atomic E-state index is 0.278. The van der Waals surface area contributed by atoms with Crippen LogP contribution < -0.4 is 10.6 Å². The number of piperidine rings is 1. The first-order valence-corrected chi connectivity index (χ1v) is 9.60. The van der Waals surface area contributed by atoms with Crippen LogP contribution in [-0.4, -0.2) is 49.8 Å². The number of pyridine rings is 1. The van der Waals surface area contributed by atoms with Gasteiger partial charge in [-0.05, 0) is 31.2 Å². The van der Waals surface area contributed by atoms with Gasteiger partial charge >= 0.3 is 0 Å². The van der Waals surface area contributed by atoms with Crippen molar-refractivity contribution < 1.29 is 4.39 Å². The van der Waals surface area contributed by atoms with E-state index in [1.807, 2.05) is 35.9 Å². The van der Waals surface area contributed by atoms with Crippen molar-refractivity contribution in [3.63, 3.8) is 0 Å². The molecule has 1 saturated heterocycles. The average molecular weight is 393 g/mol. The molecule has 0 amide bonds. The van der Waals surface area contributed by atoms with Crippen molar-refractivity contribution in [2.75, 3.05) is 18.4 Å². The molecule has 4 heterocycles. The van der Waals surface area contributed by atoms with E-state index in [9.17, 15) is 4.39 Å². The van der Waals surface area contributed by atoms with E-state index in [0.29, 0.717) is 25.3 Å². The maximum absolute atomic E-state index is 14.1. The third kappa shape index (κ3) is 4.12. The summed E-state index contributed by atoms with van der Waals surface area (Å²) in [5.74, 6) is 2.14. The van der Waals surface area contributed by atoms with E-state index >= 15 is 0 Å². The van der Waals surface area contributed by atoms with E-state index in [0.717, 1.165) is 28.6 Å². The zero-order valence-electron chi connectivity index (χ0n) is 16.3. The molecule has 0 aliphatic carbocycles. The third-order valence-corrected chi connectivity index (χ3v) is 5.04. The smallest absolute Gasteiger partial charge is 0.137 e. The van der Waals surface area contributed by atoms with Gasteiger partial charge in [0, 0.05) is 31.6 Å². The number of aromatic nitrogens is 5. The van der Waals surface area contributed by atoms with Crippen LogP contribution in [0.25, 0.3) is 23.0 Å². The van der Waals surface area contributed by atoms with Crippen LogP contribution in [0.1, 0.15) is 18.1 Å². The normalized spacial score (nSPS) is 19.9. The Hall–Kier alpha value is -3.26. The molecule has 8 heteroatoms. The first-order chi connectivity index (χ1) is 14.2. The molecule has 3 aromatic heterocycles. The van der Waals surface area contributed by atoms with Gasteiger partial charge in [-0.2, -0.15) is 0 Å². The highest BCUT2D eigenvalue weighted by Gasteiger charge is 2.24. The third-order valence-electron chi connectivity index (χ3n) is 5.04. The molecule has 4 rings (SSSR count). The number of imidazole rings is 2. The molecular weight excluding hydrogens is 369 g/mol. The van der Waals surface area contributed by atoms with Crippen LogP contribution >= 0.6 is 0 Å². The van der Waals surface area contributed by atoms with Crippen molar-refractivity contribution in [3.8, 4) is 11.4 Å². The molecule has 1 aliphatic heterocycles. The molecule has 0 unspecified atom stereocenters. The van der Waals surface area contributed by atoms with Crippen LogP contribution in [0, 0.1) is 0 Å². The number of anilines is 1. The SMILES string of the molecule is C=C/C(=C\c1ncc(-c2cccc(N[C@H]3CNCC[C@@H]3F)n2)n1C)c1ncc[nH]1. The molecule has 1 aliphatic rings. The van der Waals surface area contributed by atoms with Gasteiger partial charge in [0.1, 0.15) is 23.6 Å². The summed E-state index contributed by atoms with van der Waals surface area (Å²) in [5.41, 5.74) is 2.47. The van der Waals surface area contributed by atoms with Crippen molar-refractivity contribution in [1.82, 2.24) is 29.8 Å². The van der Waals surface area contributed by atoms with Gasteiger partial charge in [-0.1, -0.05) is 18.7 Å². The second kappa shape index (κ2) is 8.40. The fraction of sp³-hybridized carbons (Fsp3) is 0.286. The summed E-state index contributed by atoms with van der Waals surface area (Å²) in [6, 6.07) is 5.41. The number of allylic oxidation sites excluding steroid dienone is 2. The predicted octanol–water partition coefficient (Wildman–Crippen LogP) is 3.04. The number of aromatic amines is 1. The Morgan fingerprint density at radius 2 is 2.28 bits per heavy atom. The Bertz CT molecular complexity index is 1010. The number of H-pyrrole nitrogens is 1. The second-order valence-corrected chi connectivity index (χ2v) is 6.97. The second-order valence-electron chi connectivity index (χ2n) is 6.97. The molecule has 0 radical (unpaired) electrons. The minimum Gasteiger partial charge on any atom is -0.363 e. The van der Waals surface area contributed by atoms with Gasteiger partial charge < -0.3 is 20.2 Å². The van der Waals surface area contributed by atoms with Crippen LogP contribution in [0.5, 0.6) is 0 Å². The number of halogens is 1. The standard InChI is InChI=1S/C21H24FN7/c1-3-14(21-24-9-10-25-21)11-20-26-13-18(29(20)2)16-5-4-6-19(27-16)28-17-12-23-8-7-15(17)22/h3-6,9-11,13,15,17,23H,1,7-8,12H2,2H3,(H,24,25)(H,27,28)/b14-11+/t15-,17-/m0/s1. The molecule has 1 fully saturated rings. The lowest BCUT2D eigenvalue weighted by molar-refractivity contribution is 0.241. The highest BCUT2D eigenvalue weighted by atomic mass is 19.1. The molecule has 29 heavy (non-hydrogen) atoms. The molecule has 0 spiro atoms. The summed E-state index contributed by atoms with van der Waals surface area (Å²) in [6.07, 6.45) is 8.53. The Labute approximate surface area is 168 Å². The molecule has 7 nitrogen and oxygen atoms in total. The topological polar surface area (TPSA) is 83.4 Å². The van der Waals surface area contributed by atoms with Crippen LogP contribution in [-0.2, 0) is 7.05 Å². The van der Waals surface area contributed by atoms with Gasteiger partial charge in [-0.25, -0.2) is 19.3 Å².